The first-order valence-corrected chi connectivity index (χ1v) is 12.0. The first-order valence-electron chi connectivity index (χ1n) is 12.0. The SMILES string of the molecule is CCCC[C@H](CN(O)C=O)C(=O)N1CCC[C@H]1C(=O)Nc1ccc(N2CCCCC2)c(F)c1. The Morgan fingerprint density at radius 2 is 2.00 bits per heavy atom. The van der Waals surface area contributed by atoms with Crippen LogP contribution in [-0.4, -0.2) is 65.6 Å². The van der Waals surface area contributed by atoms with E-state index in [9.17, 15) is 24.0 Å². The molecule has 2 N–H and O–H groups in total. The van der Waals surface area contributed by atoms with E-state index in [0.29, 0.717) is 42.2 Å². The van der Waals surface area contributed by atoms with Crippen LogP contribution >= 0.6 is 0 Å². The van der Waals surface area contributed by atoms with Crippen LogP contribution in [0.5, 0.6) is 0 Å². The van der Waals surface area contributed by atoms with Crippen LogP contribution < -0.4 is 10.2 Å². The van der Waals surface area contributed by atoms with Gasteiger partial charge in [-0.25, -0.2) is 9.45 Å². The number of hydrogen-bond acceptors (Lipinski definition) is 5. The number of carbonyl (C=O) groups excluding carboxylic acids is 3. The zero-order valence-corrected chi connectivity index (χ0v) is 19.3. The molecule has 0 spiro atoms. The maximum atomic E-state index is 14.7. The molecule has 0 radical (unpaired) electrons. The van der Waals surface area contributed by atoms with E-state index >= 15 is 0 Å². The minimum Gasteiger partial charge on any atom is -0.369 e. The Labute approximate surface area is 194 Å². The molecule has 0 aliphatic carbocycles. The Kier molecular flexibility index (Phi) is 9.05. The van der Waals surface area contributed by atoms with Crippen LogP contribution in [0.4, 0.5) is 15.8 Å². The number of rotatable bonds is 10. The van der Waals surface area contributed by atoms with Crippen molar-refractivity contribution >= 4 is 29.6 Å². The number of hydrogen-bond donors (Lipinski definition) is 2. The molecule has 2 atom stereocenters. The number of piperidine rings is 1. The van der Waals surface area contributed by atoms with E-state index in [4.69, 9.17) is 0 Å². The molecular weight excluding hydrogens is 427 g/mol. The predicted octanol–water partition coefficient (Wildman–Crippen LogP) is 3.40. The van der Waals surface area contributed by atoms with E-state index in [0.717, 1.165) is 45.2 Å². The third-order valence-electron chi connectivity index (χ3n) is 6.53. The molecule has 0 unspecified atom stereocenters. The van der Waals surface area contributed by atoms with Crippen LogP contribution in [0.1, 0.15) is 58.3 Å². The summed E-state index contributed by atoms with van der Waals surface area (Å²) < 4.78 is 14.7. The molecule has 0 bridgehead atoms. The fourth-order valence-electron chi connectivity index (χ4n) is 4.75. The molecule has 2 aliphatic heterocycles. The van der Waals surface area contributed by atoms with Crippen molar-refractivity contribution in [3.05, 3.63) is 24.0 Å². The van der Waals surface area contributed by atoms with Gasteiger partial charge in [-0.2, -0.15) is 0 Å². The van der Waals surface area contributed by atoms with Gasteiger partial charge in [0.2, 0.25) is 18.2 Å². The molecule has 9 heteroatoms. The van der Waals surface area contributed by atoms with Gasteiger partial charge in [0.25, 0.3) is 0 Å². The topological polar surface area (TPSA) is 93.2 Å². The molecule has 2 aliphatic rings. The third-order valence-corrected chi connectivity index (χ3v) is 6.53. The molecule has 2 fully saturated rings. The summed E-state index contributed by atoms with van der Waals surface area (Å²) in [5.74, 6) is -1.54. The van der Waals surface area contributed by atoms with E-state index in [1.165, 1.54) is 11.0 Å². The molecule has 2 saturated heterocycles. The van der Waals surface area contributed by atoms with Crippen LogP contribution in [-0.2, 0) is 14.4 Å². The van der Waals surface area contributed by atoms with Gasteiger partial charge in [-0.05, 0) is 56.7 Å². The Balaban J connectivity index is 1.66. The number of likely N-dealkylation sites (tertiary alicyclic amines) is 1. The predicted molar refractivity (Wildman–Crippen MR) is 123 cm³/mol. The number of benzene rings is 1. The summed E-state index contributed by atoms with van der Waals surface area (Å²) in [7, 11) is 0. The highest BCUT2D eigenvalue weighted by Crippen LogP contribution is 2.27. The van der Waals surface area contributed by atoms with Crippen LogP contribution in [0.2, 0.25) is 0 Å². The van der Waals surface area contributed by atoms with E-state index in [1.807, 2.05) is 11.8 Å². The second kappa shape index (κ2) is 12.0. The number of anilines is 2. The summed E-state index contributed by atoms with van der Waals surface area (Å²) >= 11 is 0. The molecule has 0 saturated carbocycles. The number of unbranched alkanes of at least 4 members (excludes halogenated alkanes) is 1. The summed E-state index contributed by atoms with van der Waals surface area (Å²) in [5.41, 5.74) is 0.912. The molecule has 182 valence electrons. The number of hydroxylamine groups is 2. The number of amides is 3. The van der Waals surface area contributed by atoms with Gasteiger partial charge in [-0.1, -0.05) is 19.8 Å². The minimum atomic E-state index is -0.658. The highest BCUT2D eigenvalue weighted by molar-refractivity contribution is 5.98. The van der Waals surface area contributed by atoms with Gasteiger partial charge < -0.3 is 15.1 Å². The highest BCUT2D eigenvalue weighted by Gasteiger charge is 2.37. The highest BCUT2D eigenvalue weighted by atomic mass is 19.1. The number of carbonyl (C=O) groups is 3. The van der Waals surface area contributed by atoms with Crippen molar-refractivity contribution in [3.8, 4) is 0 Å². The Morgan fingerprint density at radius 3 is 2.67 bits per heavy atom. The maximum Gasteiger partial charge on any atom is 0.247 e. The van der Waals surface area contributed by atoms with E-state index in [-0.39, 0.29) is 30.6 Å². The second-order valence-electron chi connectivity index (χ2n) is 8.96. The third kappa shape index (κ3) is 6.43. The van der Waals surface area contributed by atoms with Crippen LogP contribution in [0, 0.1) is 11.7 Å². The van der Waals surface area contributed by atoms with Crippen LogP contribution in [0.3, 0.4) is 0 Å². The van der Waals surface area contributed by atoms with Gasteiger partial charge in [0.15, 0.2) is 0 Å². The van der Waals surface area contributed by atoms with Gasteiger partial charge in [0, 0.05) is 25.3 Å². The summed E-state index contributed by atoms with van der Waals surface area (Å²) in [6.45, 7) is 4.00. The number of nitrogens with zero attached hydrogens (tertiary/aromatic N) is 3. The smallest absolute Gasteiger partial charge is 0.247 e. The van der Waals surface area contributed by atoms with Gasteiger partial charge in [-0.3, -0.25) is 19.6 Å². The Bertz CT molecular complexity index is 831. The van der Waals surface area contributed by atoms with Gasteiger partial charge in [0.05, 0.1) is 18.2 Å². The summed E-state index contributed by atoms with van der Waals surface area (Å²) in [5, 5.41) is 12.9. The van der Waals surface area contributed by atoms with Gasteiger partial charge >= 0.3 is 0 Å². The Morgan fingerprint density at radius 1 is 1.24 bits per heavy atom. The van der Waals surface area contributed by atoms with Crippen molar-refractivity contribution < 1.29 is 24.0 Å². The lowest BCUT2D eigenvalue weighted by Gasteiger charge is -2.30. The van der Waals surface area contributed by atoms with Crippen molar-refractivity contribution in [3.63, 3.8) is 0 Å². The fourth-order valence-corrected chi connectivity index (χ4v) is 4.75. The first kappa shape index (κ1) is 25.0. The molecular formula is C24H35FN4O4. The summed E-state index contributed by atoms with van der Waals surface area (Å²) in [4.78, 5) is 40.6. The second-order valence-corrected chi connectivity index (χ2v) is 8.96. The Hall–Kier alpha value is -2.68. The van der Waals surface area contributed by atoms with Crippen molar-refractivity contribution in [1.29, 1.82) is 0 Å². The molecule has 8 nitrogen and oxygen atoms in total. The van der Waals surface area contributed by atoms with Crippen molar-refractivity contribution in [2.24, 2.45) is 5.92 Å². The van der Waals surface area contributed by atoms with Crippen molar-refractivity contribution in [1.82, 2.24) is 9.96 Å². The van der Waals surface area contributed by atoms with E-state index in [2.05, 4.69) is 5.32 Å². The van der Waals surface area contributed by atoms with Gasteiger partial charge in [0.1, 0.15) is 11.9 Å². The van der Waals surface area contributed by atoms with Gasteiger partial charge in [-0.15, -0.1) is 0 Å². The zero-order chi connectivity index (χ0) is 23.8. The molecule has 3 rings (SSSR count). The lowest BCUT2D eigenvalue weighted by Crippen LogP contribution is -2.47. The zero-order valence-electron chi connectivity index (χ0n) is 19.3. The molecule has 33 heavy (non-hydrogen) atoms. The lowest BCUT2D eigenvalue weighted by molar-refractivity contribution is -0.157. The molecule has 0 aromatic heterocycles. The summed E-state index contributed by atoms with van der Waals surface area (Å²) in [6, 6.07) is 4.07. The molecule has 1 aromatic rings. The number of halogens is 1. The number of nitrogens with one attached hydrogen (secondary N) is 1. The lowest BCUT2D eigenvalue weighted by atomic mass is 9.99. The molecule has 3 amide bonds. The largest absolute Gasteiger partial charge is 0.369 e. The monoisotopic (exact) mass is 462 g/mol. The van der Waals surface area contributed by atoms with Crippen molar-refractivity contribution in [2.75, 3.05) is 36.4 Å². The first-order chi connectivity index (χ1) is 15.9. The molecule has 2 heterocycles. The van der Waals surface area contributed by atoms with Crippen LogP contribution in [0.25, 0.3) is 0 Å². The minimum absolute atomic E-state index is 0.101. The quantitative estimate of drug-likeness (QED) is 0.316. The maximum absolute atomic E-state index is 14.7. The fraction of sp³-hybridized carbons (Fsp3) is 0.625. The average Bonchev–Trinajstić information content (AvgIpc) is 3.32. The normalized spacial score (nSPS) is 19.3. The van der Waals surface area contributed by atoms with Crippen LogP contribution in [0.15, 0.2) is 18.2 Å². The standard InChI is InChI=1S/C24H35FN4O4/c1-2-3-8-18(16-28(33)17-30)24(32)29-14-7-9-22(29)23(31)26-19-10-11-21(20(25)15-19)27-12-5-4-6-13-27/h10-11,15,17-18,22,33H,2-9,12-14,16H2,1H3,(H,26,31)/t18-,22+/m1/s1. The molecule has 1 aromatic carbocycles. The van der Waals surface area contributed by atoms with Crippen molar-refractivity contribution in [2.45, 2.75) is 64.3 Å². The van der Waals surface area contributed by atoms with E-state index < -0.39 is 12.0 Å². The van der Waals surface area contributed by atoms with E-state index in [1.54, 1.807) is 12.1 Å². The average molecular weight is 463 g/mol. The summed E-state index contributed by atoms with van der Waals surface area (Å²) in [6.07, 6.45) is 6.90.